The highest BCUT2D eigenvalue weighted by Crippen LogP contribution is 2.15. The van der Waals surface area contributed by atoms with Crippen LogP contribution in [0.3, 0.4) is 0 Å². The number of halogens is 1. The first-order valence-electron chi connectivity index (χ1n) is 8.96. The van der Waals surface area contributed by atoms with Crippen LogP contribution in [0.2, 0.25) is 0 Å². The van der Waals surface area contributed by atoms with Gasteiger partial charge in [-0.15, -0.1) is 0 Å². The first-order valence-corrected chi connectivity index (χ1v) is 10.2. The first-order chi connectivity index (χ1) is 13.9. The van der Waals surface area contributed by atoms with E-state index in [1.54, 1.807) is 48.5 Å². The Bertz CT molecular complexity index is 903. The molecule has 0 saturated carbocycles. The minimum atomic E-state index is -0.439. The summed E-state index contributed by atoms with van der Waals surface area (Å²) in [4.78, 5) is 36.1. The van der Waals surface area contributed by atoms with Crippen LogP contribution in [-0.2, 0) is 4.79 Å². The summed E-state index contributed by atoms with van der Waals surface area (Å²) < 4.78 is 0.631. The highest BCUT2D eigenvalue weighted by atomic mass is 79.9. The maximum atomic E-state index is 12.2. The number of benzene rings is 2. The number of hydrogen-bond acceptors (Lipinski definition) is 4. The van der Waals surface area contributed by atoms with E-state index in [1.807, 2.05) is 6.92 Å². The summed E-state index contributed by atoms with van der Waals surface area (Å²) in [6, 6.07) is 13.3. The van der Waals surface area contributed by atoms with Crippen molar-refractivity contribution in [3.05, 3.63) is 64.1 Å². The van der Waals surface area contributed by atoms with Crippen molar-refractivity contribution >= 4 is 56.7 Å². The second-order valence-electron chi connectivity index (χ2n) is 6.07. The molecule has 0 heterocycles. The molecule has 9 heteroatoms. The zero-order valence-electron chi connectivity index (χ0n) is 15.8. The van der Waals surface area contributed by atoms with Crippen LogP contribution in [0.25, 0.3) is 0 Å². The van der Waals surface area contributed by atoms with Crippen LogP contribution in [-0.4, -0.2) is 22.8 Å². The molecular formula is C20H21BrN4O3S. The van der Waals surface area contributed by atoms with Gasteiger partial charge in [0.1, 0.15) is 0 Å². The Morgan fingerprint density at radius 2 is 1.66 bits per heavy atom. The third-order valence-electron chi connectivity index (χ3n) is 3.82. The monoisotopic (exact) mass is 476 g/mol. The average molecular weight is 477 g/mol. The lowest BCUT2D eigenvalue weighted by atomic mass is 10.2. The number of thiocarbonyl (C=S) groups is 1. The van der Waals surface area contributed by atoms with E-state index in [0.717, 1.165) is 12.8 Å². The van der Waals surface area contributed by atoms with Crippen molar-refractivity contribution in [1.29, 1.82) is 0 Å². The lowest BCUT2D eigenvalue weighted by Gasteiger charge is -2.12. The van der Waals surface area contributed by atoms with Crippen LogP contribution in [0.15, 0.2) is 53.0 Å². The number of anilines is 1. The quantitative estimate of drug-likeness (QED) is 0.377. The molecule has 0 fully saturated rings. The summed E-state index contributed by atoms with van der Waals surface area (Å²) in [6.45, 7) is 2.02. The molecule has 4 N–H and O–H groups in total. The number of unbranched alkanes of at least 4 members (excludes halogenated alkanes) is 1. The molecule has 0 unspecified atom stereocenters. The molecule has 0 aliphatic heterocycles. The summed E-state index contributed by atoms with van der Waals surface area (Å²) in [6.07, 6.45) is 2.24. The second kappa shape index (κ2) is 11.3. The molecule has 0 aliphatic carbocycles. The van der Waals surface area contributed by atoms with Gasteiger partial charge in [0, 0.05) is 22.1 Å². The molecule has 0 atom stereocenters. The van der Waals surface area contributed by atoms with Crippen molar-refractivity contribution in [2.45, 2.75) is 26.2 Å². The van der Waals surface area contributed by atoms with E-state index in [1.165, 1.54) is 0 Å². The highest BCUT2D eigenvalue weighted by Gasteiger charge is 2.12. The molecule has 2 aromatic carbocycles. The smallest absolute Gasteiger partial charge is 0.269 e. The van der Waals surface area contributed by atoms with Crippen molar-refractivity contribution in [3.8, 4) is 0 Å². The summed E-state index contributed by atoms with van der Waals surface area (Å²) in [5.41, 5.74) is 6.30. The topological polar surface area (TPSA) is 99.3 Å². The predicted molar refractivity (Wildman–Crippen MR) is 119 cm³/mol. The molecule has 0 spiro atoms. The molecule has 0 aromatic heterocycles. The largest absolute Gasteiger partial charge is 0.326 e. The molecule has 0 radical (unpaired) electrons. The van der Waals surface area contributed by atoms with E-state index in [4.69, 9.17) is 12.2 Å². The zero-order valence-corrected chi connectivity index (χ0v) is 18.2. The van der Waals surface area contributed by atoms with E-state index in [9.17, 15) is 14.4 Å². The summed E-state index contributed by atoms with van der Waals surface area (Å²) in [7, 11) is 0. The van der Waals surface area contributed by atoms with Crippen molar-refractivity contribution in [3.63, 3.8) is 0 Å². The van der Waals surface area contributed by atoms with Gasteiger partial charge in [-0.25, -0.2) is 0 Å². The van der Waals surface area contributed by atoms with E-state index in [-0.39, 0.29) is 11.0 Å². The molecule has 7 nitrogen and oxygen atoms in total. The Morgan fingerprint density at radius 1 is 0.966 bits per heavy atom. The molecule has 152 valence electrons. The molecular weight excluding hydrogens is 456 g/mol. The first kappa shape index (κ1) is 22.5. The minimum Gasteiger partial charge on any atom is -0.326 e. The van der Waals surface area contributed by atoms with Gasteiger partial charge < -0.3 is 5.32 Å². The molecule has 0 saturated heterocycles. The van der Waals surface area contributed by atoms with Gasteiger partial charge >= 0.3 is 0 Å². The Kier molecular flexibility index (Phi) is 8.75. The Hall–Kier alpha value is -2.78. The van der Waals surface area contributed by atoms with Crippen LogP contribution in [0.1, 0.15) is 46.9 Å². The van der Waals surface area contributed by atoms with Gasteiger partial charge in [0.05, 0.1) is 5.56 Å². The molecule has 0 bridgehead atoms. The predicted octanol–water partition coefficient (Wildman–Crippen LogP) is 3.53. The van der Waals surface area contributed by atoms with Crippen molar-refractivity contribution in [2.24, 2.45) is 0 Å². The lowest BCUT2D eigenvalue weighted by molar-refractivity contribution is -0.116. The van der Waals surface area contributed by atoms with Crippen molar-refractivity contribution < 1.29 is 14.4 Å². The summed E-state index contributed by atoms with van der Waals surface area (Å²) in [5, 5.41) is 5.21. The summed E-state index contributed by atoms with van der Waals surface area (Å²) >= 11 is 8.32. The maximum absolute atomic E-state index is 12.2. The fourth-order valence-electron chi connectivity index (χ4n) is 2.30. The lowest BCUT2D eigenvalue weighted by Crippen LogP contribution is -2.48. The van der Waals surface area contributed by atoms with Crippen molar-refractivity contribution in [1.82, 2.24) is 16.2 Å². The van der Waals surface area contributed by atoms with Crippen LogP contribution >= 0.6 is 28.1 Å². The van der Waals surface area contributed by atoms with Crippen LogP contribution in [0.4, 0.5) is 5.69 Å². The SMILES string of the molecule is CCCCC(=O)Nc1ccc(C(=O)NNC(=S)NC(=O)c2ccccc2Br)cc1. The molecule has 2 aromatic rings. The molecule has 0 aliphatic rings. The third-order valence-corrected chi connectivity index (χ3v) is 4.72. The van der Waals surface area contributed by atoms with E-state index in [2.05, 4.69) is 37.4 Å². The third kappa shape index (κ3) is 7.28. The number of nitrogens with one attached hydrogen (secondary N) is 4. The van der Waals surface area contributed by atoms with Crippen LogP contribution in [0, 0.1) is 0 Å². The number of rotatable bonds is 6. The minimum absolute atomic E-state index is 0.0427. The van der Waals surface area contributed by atoms with Gasteiger partial charge in [-0.3, -0.25) is 30.6 Å². The van der Waals surface area contributed by atoms with Gasteiger partial charge in [0.25, 0.3) is 11.8 Å². The van der Waals surface area contributed by atoms with Gasteiger partial charge in [-0.2, -0.15) is 0 Å². The van der Waals surface area contributed by atoms with Crippen LogP contribution < -0.4 is 21.5 Å². The maximum Gasteiger partial charge on any atom is 0.269 e. The number of carbonyl (C=O) groups is 3. The standard InChI is InChI=1S/C20H21BrN4O3S/c1-2-3-8-17(26)22-14-11-9-13(10-12-14)18(27)24-25-20(29)23-19(28)15-6-4-5-7-16(15)21/h4-7,9-12H,2-3,8H2,1H3,(H,22,26)(H,24,27)(H2,23,25,28,29). The Balaban J connectivity index is 1.82. The summed E-state index contributed by atoms with van der Waals surface area (Å²) in [5.74, 6) is -0.907. The Morgan fingerprint density at radius 3 is 2.31 bits per heavy atom. The fraction of sp³-hybridized carbons (Fsp3) is 0.200. The van der Waals surface area contributed by atoms with E-state index < -0.39 is 11.8 Å². The van der Waals surface area contributed by atoms with Gasteiger partial charge in [0.2, 0.25) is 5.91 Å². The molecule has 2 rings (SSSR count). The van der Waals surface area contributed by atoms with Gasteiger partial charge in [-0.1, -0.05) is 25.5 Å². The van der Waals surface area contributed by atoms with Gasteiger partial charge in [-0.05, 0) is 71.0 Å². The van der Waals surface area contributed by atoms with Gasteiger partial charge in [0.15, 0.2) is 5.11 Å². The number of carbonyl (C=O) groups excluding carboxylic acids is 3. The highest BCUT2D eigenvalue weighted by molar-refractivity contribution is 9.10. The zero-order chi connectivity index (χ0) is 21.2. The molecule has 3 amide bonds. The van der Waals surface area contributed by atoms with Crippen LogP contribution in [0.5, 0.6) is 0 Å². The Labute approximate surface area is 182 Å². The van der Waals surface area contributed by atoms with E-state index in [0.29, 0.717) is 27.7 Å². The number of hydrogen-bond donors (Lipinski definition) is 4. The van der Waals surface area contributed by atoms with E-state index >= 15 is 0 Å². The number of amides is 3. The molecule has 29 heavy (non-hydrogen) atoms. The average Bonchev–Trinajstić information content (AvgIpc) is 2.71. The fourth-order valence-corrected chi connectivity index (χ4v) is 2.91. The van der Waals surface area contributed by atoms with Crippen molar-refractivity contribution in [2.75, 3.05) is 5.32 Å². The second-order valence-corrected chi connectivity index (χ2v) is 7.33. The normalized spacial score (nSPS) is 10.0. The number of hydrazine groups is 1.